The number of halogens is 1. The summed E-state index contributed by atoms with van der Waals surface area (Å²) in [5.41, 5.74) is 3.37. The third-order valence-corrected chi connectivity index (χ3v) is 6.06. The van der Waals surface area contributed by atoms with Crippen LogP contribution in [0.15, 0.2) is 65.8 Å². The summed E-state index contributed by atoms with van der Waals surface area (Å²) in [6.45, 7) is 0.203. The molecule has 2 unspecified atom stereocenters. The van der Waals surface area contributed by atoms with E-state index in [2.05, 4.69) is 0 Å². The van der Waals surface area contributed by atoms with E-state index in [9.17, 15) is 10.1 Å². The quantitative estimate of drug-likeness (QED) is 0.402. The first-order valence-electron chi connectivity index (χ1n) is 10.0. The van der Waals surface area contributed by atoms with E-state index in [0.29, 0.717) is 34.3 Å². The minimum Gasteiger partial charge on any atom is -0.464 e. The molecule has 0 amide bonds. The summed E-state index contributed by atoms with van der Waals surface area (Å²) in [7, 11) is 0. The molecule has 8 nitrogen and oxygen atoms in total. The number of nitrogens with zero attached hydrogens (tertiary/aromatic N) is 3. The monoisotopic (exact) mass is 449 g/mol. The van der Waals surface area contributed by atoms with Gasteiger partial charge in [-0.15, -0.1) is 0 Å². The zero-order chi connectivity index (χ0) is 21.8. The van der Waals surface area contributed by atoms with Crippen molar-refractivity contribution in [2.24, 2.45) is 5.10 Å². The molecule has 0 saturated carbocycles. The number of fused-ring (bicyclic) bond motifs is 4. The second kappa shape index (κ2) is 7.13. The van der Waals surface area contributed by atoms with Crippen molar-refractivity contribution < 1.29 is 19.1 Å². The molecule has 0 bridgehead atoms. The van der Waals surface area contributed by atoms with Crippen LogP contribution in [0.2, 0.25) is 5.02 Å². The minimum atomic E-state index is -0.611. The number of rotatable bonds is 3. The Morgan fingerprint density at radius 2 is 1.88 bits per heavy atom. The van der Waals surface area contributed by atoms with Gasteiger partial charge in [-0.3, -0.25) is 10.1 Å². The molecule has 32 heavy (non-hydrogen) atoms. The molecule has 0 aliphatic carbocycles. The van der Waals surface area contributed by atoms with E-state index in [-0.39, 0.29) is 18.5 Å². The molecular weight excluding hydrogens is 434 g/mol. The van der Waals surface area contributed by atoms with Gasteiger partial charge in [0.1, 0.15) is 5.75 Å². The van der Waals surface area contributed by atoms with Crippen molar-refractivity contribution in [2.45, 2.75) is 18.7 Å². The van der Waals surface area contributed by atoms with Gasteiger partial charge < -0.3 is 14.2 Å². The molecular formula is C23H16ClN3O5. The molecule has 3 aromatic rings. The van der Waals surface area contributed by atoms with Gasteiger partial charge in [-0.2, -0.15) is 5.10 Å². The van der Waals surface area contributed by atoms with Gasteiger partial charge in [0.2, 0.25) is 13.0 Å². The van der Waals surface area contributed by atoms with Crippen molar-refractivity contribution >= 4 is 23.0 Å². The molecule has 2 atom stereocenters. The fourth-order valence-electron chi connectivity index (χ4n) is 4.32. The predicted molar refractivity (Wildman–Crippen MR) is 116 cm³/mol. The maximum Gasteiger partial charge on any atom is 0.269 e. The van der Waals surface area contributed by atoms with Crippen LogP contribution in [0.5, 0.6) is 17.2 Å². The fourth-order valence-corrected chi connectivity index (χ4v) is 4.50. The highest BCUT2D eigenvalue weighted by atomic mass is 35.5. The Morgan fingerprint density at radius 1 is 1.03 bits per heavy atom. The third kappa shape index (κ3) is 3.03. The van der Waals surface area contributed by atoms with E-state index in [4.69, 9.17) is 30.9 Å². The van der Waals surface area contributed by atoms with Gasteiger partial charge in [0.05, 0.1) is 16.7 Å². The van der Waals surface area contributed by atoms with E-state index in [1.807, 2.05) is 41.4 Å². The Bertz CT molecular complexity index is 1290. The summed E-state index contributed by atoms with van der Waals surface area (Å²) in [6.07, 6.45) is 0.0157. The van der Waals surface area contributed by atoms with Crippen LogP contribution in [-0.2, 0) is 0 Å². The number of hydrogen-bond acceptors (Lipinski definition) is 7. The highest BCUT2D eigenvalue weighted by molar-refractivity contribution is 6.30. The lowest BCUT2D eigenvalue weighted by atomic mass is 9.95. The Balaban J connectivity index is 1.44. The fraction of sp³-hybridized carbons (Fsp3) is 0.174. The Kier molecular flexibility index (Phi) is 4.22. The summed E-state index contributed by atoms with van der Waals surface area (Å²) >= 11 is 6.28. The number of nitro groups is 1. The van der Waals surface area contributed by atoms with Crippen LogP contribution in [-0.4, -0.2) is 22.4 Å². The molecule has 6 rings (SSSR count). The SMILES string of the molecule is O=[N+]([O-])c1cccc(C2Oc3ccc(Cl)cc3C3CC(c4ccc5c(c4)OCO5)=NN32)c1. The second-order valence-electron chi connectivity index (χ2n) is 7.72. The van der Waals surface area contributed by atoms with Crippen LogP contribution < -0.4 is 14.2 Å². The molecule has 3 heterocycles. The van der Waals surface area contributed by atoms with Gasteiger partial charge >= 0.3 is 0 Å². The first kappa shape index (κ1) is 18.9. The highest BCUT2D eigenvalue weighted by Crippen LogP contribution is 2.48. The minimum absolute atomic E-state index is 0.00345. The van der Waals surface area contributed by atoms with Crippen LogP contribution in [0, 0.1) is 10.1 Å². The average molecular weight is 450 g/mol. The van der Waals surface area contributed by atoms with Gasteiger partial charge in [0, 0.05) is 40.3 Å². The highest BCUT2D eigenvalue weighted by Gasteiger charge is 2.41. The van der Waals surface area contributed by atoms with Crippen LogP contribution in [0.1, 0.15) is 35.4 Å². The molecule has 9 heteroatoms. The first-order chi connectivity index (χ1) is 15.6. The number of non-ortho nitro benzene ring substituents is 1. The standard InChI is InChI=1S/C23H16ClN3O5/c24-15-5-7-20-17(10-15)19-11-18(13-4-6-21-22(9-13)31-12-30-21)25-26(19)23(32-20)14-2-1-3-16(8-14)27(28)29/h1-10,19,23H,11-12H2. The third-order valence-electron chi connectivity index (χ3n) is 5.82. The molecule has 3 aliphatic heterocycles. The van der Waals surface area contributed by atoms with Crippen molar-refractivity contribution in [3.8, 4) is 17.2 Å². The maximum absolute atomic E-state index is 11.3. The van der Waals surface area contributed by atoms with E-state index in [1.165, 1.54) is 12.1 Å². The molecule has 0 spiro atoms. The smallest absolute Gasteiger partial charge is 0.269 e. The van der Waals surface area contributed by atoms with Gasteiger partial charge in [0.25, 0.3) is 5.69 Å². The van der Waals surface area contributed by atoms with Crippen LogP contribution in [0.4, 0.5) is 5.69 Å². The van der Waals surface area contributed by atoms with Crippen LogP contribution >= 0.6 is 11.6 Å². The van der Waals surface area contributed by atoms with Gasteiger partial charge in [0.15, 0.2) is 11.5 Å². The molecule has 3 aromatic carbocycles. The number of ether oxygens (including phenoxy) is 3. The lowest BCUT2D eigenvalue weighted by Gasteiger charge is -2.38. The Hall–Kier alpha value is -3.78. The van der Waals surface area contributed by atoms with Crippen LogP contribution in [0.3, 0.4) is 0 Å². The lowest BCUT2D eigenvalue weighted by molar-refractivity contribution is -0.385. The average Bonchev–Trinajstić information content (AvgIpc) is 3.45. The molecule has 0 N–H and O–H groups in total. The maximum atomic E-state index is 11.3. The molecule has 0 saturated heterocycles. The number of nitro benzene ring substituents is 1. The molecule has 0 radical (unpaired) electrons. The largest absolute Gasteiger partial charge is 0.464 e. The number of hydrazone groups is 1. The zero-order valence-corrected chi connectivity index (χ0v) is 17.4. The summed E-state index contributed by atoms with van der Waals surface area (Å²) < 4.78 is 17.2. The number of benzene rings is 3. The molecule has 0 aromatic heterocycles. The van der Waals surface area contributed by atoms with E-state index >= 15 is 0 Å². The Labute approximate surface area is 187 Å². The first-order valence-corrected chi connectivity index (χ1v) is 10.4. The predicted octanol–water partition coefficient (Wildman–Crippen LogP) is 5.22. The lowest BCUT2D eigenvalue weighted by Crippen LogP contribution is -2.33. The zero-order valence-electron chi connectivity index (χ0n) is 16.6. The summed E-state index contributed by atoms with van der Waals surface area (Å²) in [5.74, 6) is 2.08. The Morgan fingerprint density at radius 3 is 2.75 bits per heavy atom. The van der Waals surface area contributed by atoms with Gasteiger partial charge in [-0.05, 0) is 36.4 Å². The van der Waals surface area contributed by atoms with Crippen molar-refractivity contribution in [3.05, 3.63) is 92.5 Å². The van der Waals surface area contributed by atoms with E-state index in [0.717, 1.165) is 16.8 Å². The van der Waals surface area contributed by atoms with Gasteiger partial charge in [-0.1, -0.05) is 23.7 Å². The van der Waals surface area contributed by atoms with E-state index in [1.54, 1.807) is 12.1 Å². The summed E-state index contributed by atoms with van der Waals surface area (Å²) in [5, 5.41) is 18.7. The topological polar surface area (TPSA) is 86.4 Å². The number of hydrogen-bond donors (Lipinski definition) is 0. The van der Waals surface area contributed by atoms with E-state index < -0.39 is 11.2 Å². The molecule has 0 fully saturated rings. The normalized spacial score (nSPS) is 20.3. The van der Waals surface area contributed by atoms with Crippen molar-refractivity contribution in [3.63, 3.8) is 0 Å². The molecule has 3 aliphatic rings. The second-order valence-corrected chi connectivity index (χ2v) is 8.16. The van der Waals surface area contributed by atoms with Crippen molar-refractivity contribution in [1.29, 1.82) is 0 Å². The van der Waals surface area contributed by atoms with Gasteiger partial charge in [-0.25, -0.2) is 5.01 Å². The summed E-state index contributed by atoms with van der Waals surface area (Å²) in [4.78, 5) is 10.9. The van der Waals surface area contributed by atoms with Crippen molar-refractivity contribution in [2.75, 3.05) is 6.79 Å². The summed E-state index contributed by atoms with van der Waals surface area (Å²) in [6, 6.07) is 17.6. The van der Waals surface area contributed by atoms with Crippen LogP contribution in [0.25, 0.3) is 0 Å². The molecule has 160 valence electrons. The van der Waals surface area contributed by atoms with Crippen molar-refractivity contribution in [1.82, 2.24) is 5.01 Å².